The average Bonchev–Trinajstić information content (AvgIpc) is 2.57. The topological polar surface area (TPSA) is 0 Å². The van der Waals surface area contributed by atoms with E-state index in [-0.39, 0.29) is 0 Å². The second-order valence-corrected chi connectivity index (χ2v) is 7.85. The first kappa shape index (κ1) is 16.1. The summed E-state index contributed by atoms with van der Waals surface area (Å²) in [5.41, 5.74) is 6.28. The Bertz CT molecular complexity index is 605. The smallest absolute Gasteiger partial charge is 0.0119 e. The van der Waals surface area contributed by atoms with Gasteiger partial charge in [-0.15, -0.1) is 0 Å². The number of benzene rings is 2. The molecule has 0 heterocycles. The summed E-state index contributed by atoms with van der Waals surface area (Å²) in [6, 6.07) is 21.8. The molecule has 0 saturated heterocycles. The lowest BCUT2D eigenvalue weighted by molar-refractivity contribution is 0.197. The van der Waals surface area contributed by atoms with Gasteiger partial charge in [-0.25, -0.2) is 0 Å². The second-order valence-electron chi connectivity index (χ2n) is 7.85. The summed E-state index contributed by atoms with van der Waals surface area (Å²) in [7, 11) is 0. The van der Waals surface area contributed by atoms with Crippen LogP contribution in [-0.4, -0.2) is 0 Å². The van der Waals surface area contributed by atoms with Gasteiger partial charge in [-0.3, -0.25) is 0 Å². The van der Waals surface area contributed by atoms with Crippen LogP contribution in [0.1, 0.15) is 57.6 Å². The molecule has 0 aliphatic heterocycles. The monoisotopic (exact) mass is 304 g/mol. The maximum atomic E-state index is 2.39. The van der Waals surface area contributed by atoms with Gasteiger partial charge in [0.25, 0.3) is 0 Å². The molecule has 1 aliphatic carbocycles. The maximum Gasteiger partial charge on any atom is -0.0119 e. The van der Waals surface area contributed by atoms with Crippen LogP contribution in [0.25, 0.3) is 5.57 Å². The summed E-state index contributed by atoms with van der Waals surface area (Å²) in [5, 5.41) is 0. The molecule has 0 heteroatoms. The lowest BCUT2D eigenvalue weighted by Gasteiger charge is -2.35. The molecule has 2 aromatic rings. The quantitative estimate of drug-likeness (QED) is 0.577. The van der Waals surface area contributed by atoms with Crippen molar-refractivity contribution in [1.82, 2.24) is 0 Å². The molecule has 0 aromatic heterocycles. The highest BCUT2D eigenvalue weighted by atomic mass is 14.3. The number of hydrogen-bond donors (Lipinski definition) is 0. The van der Waals surface area contributed by atoms with E-state index in [0.29, 0.717) is 5.41 Å². The Morgan fingerprint density at radius 1 is 0.739 bits per heavy atom. The van der Waals surface area contributed by atoms with Gasteiger partial charge in [0.15, 0.2) is 0 Å². The van der Waals surface area contributed by atoms with Crippen LogP contribution in [0.4, 0.5) is 0 Å². The summed E-state index contributed by atoms with van der Waals surface area (Å²) in [5.74, 6) is 0.846. The molecular weight excluding hydrogens is 276 g/mol. The van der Waals surface area contributed by atoms with Crippen molar-refractivity contribution in [3.05, 3.63) is 77.4 Å². The van der Waals surface area contributed by atoms with Crippen molar-refractivity contribution in [2.45, 2.75) is 46.5 Å². The highest BCUT2D eigenvalue weighted by molar-refractivity contribution is 5.82. The third-order valence-corrected chi connectivity index (χ3v) is 5.29. The van der Waals surface area contributed by atoms with Crippen LogP contribution in [0.2, 0.25) is 0 Å². The van der Waals surface area contributed by atoms with Crippen molar-refractivity contribution in [2.75, 3.05) is 0 Å². The minimum absolute atomic E-state index is 0.436. The predicted octanol–water partition coefficient (Wildman–Crippen LogP) is 6.72. The van der Waals surface area contributed by atoms with Gasteiger partial charge < -0.3 is 0 Å². The van der Waals surface area contributed by atoms with Gasteiger partial charge in [0.2, 0.25) is 0 Å². The SMILES string of the molecule is CC(C)(C)C1CCC(=C(c2ccccc2)c2ccccc2)CC1. The molecule has 0 amide bonds. The van der Waals surface area contributed by atoms with Crippen molar-refractivity contribution in [3.8, 4) is 0 Å². The Morgan fingerprint density at radius 3 is 1.57 bits per heavy atom. The minimum Gasteiger partial charge on any atom is -0.0622 e. The summed E-state index contributed by atoms with van der Waals surface area (Å²) < 4.78 is 0. The van der Waals surface area contributed by atoms with E-state index in [1.807, 2.05) is 0 Å². The summed E-state index contributed by atoms with van der Waals surface area (Å²) in [6.07, 6.45) is 5.12. The van der Waals surface area contributed by atoms with Gasteiger partial charge in [0.05, 0.1) is 0 Å². The molecule has 0 nitrogen and oxygen atoms in total. The summed E-state index contributed by atoms with van der Waals surface area (Å²) in [4.78, 5) is 0. The summed E-state index contributed by atoms with van der Waals surface area (Å²) >= 11 is 0. The van der Waals surface area contributed by atoms with E-state index < -0.39 is 0 Å². The van der Waals surface area contributed by atoms with E-state index in [4.69, 9.17) is 0 Å². The van der Waals surface area contributed by atoms with Crippen molar-refractivity contribution < 1.29 is 0 Å². The largest absolute Gasteiger partial charge is 0.0622 e. The van der Waals surface area contributed by atoms with E-state index >= 15 is 0 Å². The van der Waals surface area contributed by atoms with Crippen molar-refractivity contribution in [3.63, 3.8) is 0 Å². The van der Waals surface area contributed by atoms with Gasteiger partial charge in [-0.2, -0.15) is 0 Å². The molecule has 0 bridgehead atoms. The Hall–Kier alpha value is -1.82. The first-order valence-electron chi connectivity index (χ1n) is 8.88. The number of hydrogen-bond acceptors (Lipinski definition) is 0. The molecule has 0 N–H and O–H groups in total. The average molecular weight is 304 g/mol. The Labute approximate surface area is 141 Å². The lowest BCUT2D eigenvalue weighted by Crippen LogP contribution is -2.23. The summed E-state index contributed by atoms with van der Waals surface area (Å²) in [6.45, 7) is 7.17. The molecule has 0 unspecified atom stereocenters. The zero-order valence-electron chi connectivity index (χ0n) is 14.7. The van der Waals surface area contributed by atoms with Crippen LogP contribution < -0.4 is 0 Å². The standard InChI is InChI=1S/C23H28/c1-23(2,3)21-16-14-20(15-17-21)22(18-10-6-4-7-11-18)19-12-8-5-9-13-19/h4-13,21H,14-17H2,1-3H3. The van der Waals surface area contributed by atoms with Gasteiger partial charge in [0, 0.05) is 0 Å². The molecule has 23 heavy (non-hydrogen) atoms. The van der Waals surface area contributed by atoms with E-state index in [9.17, 15) is 0 Å². The highest BCUT2D eigenvalue weighted by Crippen LogP contribution is 2.42. The fraction of sp³-hybridized carbons (Fsp3) is 0.391. The predicted molar refractivity (Wildman–Crippen MR) is 100 cm³/mol. The fourth-order valence-electron chi connectivity index (χ4n) is 3.87. The van der Waals surface area contributed by atoms with Crippen LogP contribution in [0.15, 0.2) is 66.2 Å². The zero-order chi connectivity index (χ0) is 16.3. The zero-order valence-corrected chi connectivity index (χ0v) is 14.7. The van der Waals surface area contributed by atoms with E-state index in [1.54, 1.807) is 5.57 Å². The first-order chi connectivity index (χ1) is 11.1. The van der Waals surface area contributed by atoms with Crippen LogP contribution in [-0.2, 0) is 0 Å². The third-order valence-electron chi connectivity index (χ3n) is 5.29. The van der Waals surface area contributed by atoms with E-state index in [0.717, 1.165) is 5.92 Å². The molecule has 0 atom stereocenters. The molecule has 1 fully saturated rings. The van der Waals surface area contributed by atoms with Crippen LogP contribution in [0.3, 0.4) is 0 Å². The molecule has 3 rings (SSSR count). The molecular formula is C23H28. The molecule has 120 valence electrons. The minimum atomic E-state index is 0.436. The molecule has 2 aromatic carbocycles. The van der Waals surface area contributed by atoms with Crippen molar-refractivity contribution in [2.24, 2.45) is 11.3 Å². The third kappa shape index (κ3) is 3.75. The van der Waals surface area contributed by atoms with Gasteiger partial charge in [-0.1, -0.05) is 87.0 Å². The number of rotatable bonds is 2. The lowest BCUT2D eigenvalue weighted by atomic mass is 9.70. The Morgan fingerprint density at radius 2 is 1.17 bits per heavy atom. The van der Waals surface area contributed by atoms with E-state index in [2.05, 4.69) is 81.4 Å². The fourth-order valence-corrected chi connectivity index (χ4v) is 3.87. The van der Waals surface area contributed by atoms with Gasteiger partial charge in [0.1, 0.15) is 0 Å². The van der Waals surface area contributed by atoms with Crippen LogP contribution in [0.5, 0.6) is 0 Å². The Kier molecular flexibility index (Phi) is 4.71. The maximum absolute atomic E-state index is 2.39. The van der Waals surface area contributed by atoms with Crippen molar-refractivity contribution in [1.29, 1.82) is 0 Å². The molecule has 0 spiro atoms. The van der Waals surface area contributed by atoms with Crippen LogP contribution >= 0.6 is 0 Å². The van der Waals surface area contributed by atoms with Gasteiger partial charge >= 0.3 is 0 Å². The Balaban J connectivity index is 1.97. The van der Waals surface area contributed by atoms with Gasteiger partial charge in [-0.05, 0) is 53.7 Å². The second kappa shape index (κ2) is 6.74. The molecule has 0 radical (unpaired) electrons. The molecule has 1 saturated carbocycles. The number of allylic oxidation sites excluding steroid dienone is 1. The normalized spacial score (nSPS) is 18.7. The molecule has 1 aliphatic rings. The van der Waals surface area contributed by atoms with Crippen LogP contribution in [0, 0.1) is 11.3 Å². The first-order valence-corrected chi connectivity index (χ1v) is 8.88. The van der Waals surface area contributed by atoms with E-state index in [1.165, 1.54) is 42.4 Å². The highest BCUT2D eigenvalue weighted by Gasteiger charge is 2.28. The van der Waals surface area contributed by atoms with Crippen molar-refractivity contribution >= 4 is 5.57 Å².